The van der Waals surface area contributed by atoms with Gasteiger partial charge in [0, 0.05) is 0 Å². The van der Waals surface area contributed by atoms with Crippen LogP contribution in [0.1, 0.15) is 199 Å². The predicted molar refractivity (Wildman–Crippen MR) is 198 cm³/mol. The first kappa shape index (κ1) is 38.6. The summed E-state index contributed by atoms with van der Waals surface area (Å²) < 4.78 is 0. The van der Waals surface area contributed by atoms with Crippen molar-refractivity contribution in [1.29, 1.82) is 0 Å². The fourth-order valence-corrected chi connectivity index (χ4v) is 7.19. The lowest BCUT2D eigenvalue weighted by atomic mass is 9.78. The van der Waals surface area contributed by atoms with E-state index in [1.807, 2.05) is 12.4 Å². The van der Waals surface area contributed by atoms with Gasteiger partial charge < -0.3 is 0 Å². The fraction of sp³-hybridized carbons (Fsp3) is 0.786. The molecule has 0 bridgehead atoms. The third-order valence-electron chi connectivity index (χ3n) is 10.0. The Morgan fingerprint density at radius 3 is 1.23 bits per heavy atom. The summed E-state index contributed by atoms with van der Waals surface area (Å²) in [6, 6.07) is 11.2. The van der Waals surface area contributed by atoms with Crippen molar-refractivity contribution in [2.24, 2.45) is 21.8 Å². The zero-order chi connectivity index (χ0) is 31.2. The van der Waals surface area contributed by atoms with E-state index in [0.29, 0.717) is 11.8 Å². The molecule has 1 heterocycles. The van der Waals surface area contributed by atoms with Crippen LogP contribution < -0.4 is 0 Å². The second-order valence-corrected chi connectivity index (χ2v) is 14.0. The molecular weight excluding hydrogens is 532 g/mol. The van der Waals surface area contributed by atoms with E-state index in [1.165, 1.54) is 185 Å². The van der Waals surface area contributed by atoms with E-state index in [-0.39, 0.29) is 0 Å². The smallest absolute Gasteiger partial charge is 0.0965 e. The minimum Gasteiger partial charge on any atom is -0.0965 e. The van der Waals surface area contributed by atoms with Crippen molar-refractivity contribution in [3.05, 3.63) is 42.1 Å². The molecule has 44 heavy (non-hydrogen) atoms. The number of aliphatic imine (C=N–C) groups is 2. The first-order chi connectivity index (χ1) is 21.8. The Labute approximate surface area is 275 Å². The number of benzene rings is 1. The van der Waals surface area contributed by atoms with Crippen LogP contribution in [0.4, 0.5) is 0 Å². The molecule has 0 amide bonds. The largest absolute Gasteiger partial charge is 0.244 e. The van der Waals surface area contributed by atoms with Gasteiger partial charge in [-0.2, -0.15) is 0 Å². The van der Waals surface area contributed by atoms with Crippen LogP contribution in [-0.2, 0) is 6.42 Å². The van der Waals surface area contributed by atoms with Gasteiger partial charge >= 0.3 is 0 Å². The molecule has 2 unspecified atom stereocenters. The molecule has 2 rings (SSSR count). The van der Waals surface area contributed by atoms with Crippen molar-refractivity contribution in [2.75, 3.05) is 0 Å². The highest BCUT2D eigenvalue weighted by Gasteiger charge is 2.35. The quantitative estimate of drug-likeness (QED) is 0.0576. The molecule has 2 heteroatoms. The van der Waals surface area contributed by atoms with Gasteiger partial charge in [-0.15, -0.1) is 0 Å². The number of rotatable bonds is 32. The Morgan fingerprint density at radius 1 is 0.455 bits per heavy atom. The minimum atomic E-state index is 0.496. The third kappa shape index (κ3) is 20.5. The van der Waals surface area contributed by atoms with Crippen LogP contribution in [0.15, 0.2) is 40.3 Å². The zero-order valence-corrected chi connectivity index (χ0v) is 29.6. The van der Waals surface area contributed by atoms with Gasteiger partial charge in [0.1, 0.15) is 0 Å². The Balaban J connectivity index is 1.67. The van der Waals surface area contributed by atoms with Crippen LogP contribution in [0.25, 0.3) is 0 Å². The number of hydrogen-bond acceptors (Lipinski definition) is 2. The van der Waals surface area contributed by atoms with E-state index in [0.717, 1.165) is 12.6 Å². The first-order valence-electron chi connectivity index (χ1n) is 19.8. The van der Waals surface area contributed by atoms with E-state index in [1.54, 1.807) is 0 Å². The Morgan fingerprint density at radius 2 is 0.818 bits per heavy atom. The molecule has 0 radical (unpaired) electrons. The second kappa shape index (κ2) is 28.9. The topological polar surface area (TPSA) is 24.7 Å². The molecule has 0 saturated heterocycles. The summed E-state index contributed by atoms with van der Waals surface area (Å²) in [7, 11) is 0. The van der Waals surface area contributed by atoms with Crippen molar-refractivity contribution in [3.63, 3.8) is 0 Å². The highest BCUT2D eigenvalue weighted by molar-refractivity contribution is 6.18. The van der Waals surface area contributed by atoms with Crippen molar-refractivity contribution in [3.8, 4) is 0 Å². The number of nitrogens with zero attached hydrogens (tertiary/aromatic N) is 2. The SMILES string of the molecule is CCCCCCCCCCCCCCCCC([C+]1N=CC=N1)C(CCCCCCCCCCCCCC)Cc1ccccc1. The monoisotopic (exact) mass is 606 g/mol. The molecule has 0 aromatic heterocycles. The van der Waals surface area contributed by atoms with Gasteiger partial charge in [0.2, 0.25) is 6.17 Å². The summed E-state index contributed by atoms with van der Waals surface area (Å²) in [4.78, 5) is 9.52. The van der Waals surface area contributed by atoms with Crippen LogP contribution in [0.2, 0.25) is 0 Å². The summed E-state index contributed by atoms with van der Waals surface area (Å²) in [6.07, 6.45) is 45.5. The van der Waals surface area contributed by atoms with Crippen LogP contribution in [0.3, 0.4) is 0 Å². The summed E-state index contributed by atoms with van der Waals surface area (Å²) in [6.45, 7) is 4.61. The Bertz CT molecular complexity index is 772. The van der Waals surface area contributed by atoms with E-state index >= 15 is 0 Å². The lowest BCUT2D eigenvalue weighted by Crippen LogP contribution is -2.22. The molecule has 1 aliphatic rings. The van der Waals surface area contributed by atoms with Crippen molar-refractivity contribution in [2.45, 2.75) is 200 Å². The average Bonchev–Trinajstić information content (AvgIpc) is 3.58. The van der Waals surface area contributed by atoms with Gasteiger partial charge in [0.15, 0.2) is 12.4 Å². The lowest BCUT2D eigenvalue weighted by Gasteiger charge is -2.26. The second-order valence-electron chi connectivity index (χ2n) is 14.0. The molecule has 0 N–H and O–H groups in total. The van der Waals surface area contributed by atoms with Gasteiger partial charge in [-0.05, 0) is 30.7 Å². The Kier molecular flexibility index (Phi) is 25.3. The molecule has 1 aromatic carbocycles. The summed E-state index contributed by atoms with van der Waals surface area (Å²) in [5.74, 6) is 1.14. The maximum absolute atomic E-state index is 4.76. The molecule has 250 valence electrons. The molecule has 2 nitrogen and oxygen atoms in total. The highest BCUT2D eigenvalue weighted by atomic mass is 15.0. The fourth-order valence-electron chi connectivity index (χ4n) is 7.19. The van der Waals surface area contributed by atoms with Gasteiger partial charge in [0.05, 0.1) is 5.92 Å². The van der Waals surface area contributed by atoms with Crippen LogP contribution in [-0.4, -0.2) is 12.4 Å². The summed E-state index contributed by atoms with van der Waals surface area (Å²) >= 11 is 0. The van der Waals surface area contributed by atoms with Crippen molar-refractivity contribution in [1.82, 2.24) is 0 Å². The lowest BCUT2D eigenvalue weighted by molar-refractivity contribution is 0.284. The maximum atomic E-state index is 4.76. The molecular formula is C42H73N2+. The van der Waals surface area contributed by atoms with E-state index in [2.05, 4.69) is 44.2 Å². The van der Waals surface area contributed by atoms with Crippen molar-refractivity contribution >= 4 is 12.4 Å². The molecule has 2 atom stereocenters. The first-order valence-corrected chi connectivity index (χ1v) is 19.8. The predicted octanol–water partition coefficient (Wildman–Crippen LogP) is 14.1. The summed E-state index contributed by atoms with van der Waals surface area (Å²) in [5, 5.41) is 0. The molecule has 0 spiro atoms. The van der Waals surface area contributed by atoms with E-state index in [4.69, 9.17) is 9.98 Å². The number of unbranched alkanes of at least 4 members (excludes halogenated alkanes) is 24. The molecule has 1 aromatic rings. The number of hydrogen-bond donors (Lipinski definition) is 0. The molecule has 0 aliphatic carbocycles. The maximum Gasteiger partial charge on any atom is 0.244 e. The van der Waals surface area contributed by atoms with E-state index < -0.39 is 0 Å². The van der Waals surface area contributed by atoms with Gasteiger partial charge in [-0.1, -0.05) is 221 Å². The standard InChI is InChI=1S/C42H73N2/c1-3-5-7-9-11-13-15-17-18-20-22-24-26-31-35-41(42-43-36-37-44-42)40(38-39-32-28-27-29-33-39)34-30-25-23-21-19-16-14-12-10-8-6-4-2/h27-29,32-33,36-37,40-41H,3-26,30-31,34-35,38H2,1-2H3/q+1. The van der Waals surface area contributed by atoms with Gasteiger partial charge in [-0.3, -0.25) is 0 Å². The molecule has 0 saturated carbocycles. The van der Waals surface area contributed by atoms with Crippen LogP contribution in [0.5, 0.6) is 0 Å². The average molecular weight is 606 g/mol. The highest BCUT2D eigenvalue weighted by Crippen LogP contribution is 2.37. The van der Waals surface area contributed by atoms with Crippen molar-refractivity contribution < 1.29 is 0 Å². The summed E-state index contributed by atoms with van der Waals surface area (Å²) in [5.41, 5.74) is 1.48. The van der Waals surface area contributed by atoms with E-state index in [9.17, 15) is 0 Å². The minimum absolute atomic E-state index is 0.496. The third-order valence-corrected chi connectivity index (χ3v) is 10.0. The Hall–Kier alpha value is -1.57. The van der Waals surface area contributed by atoms with Crippen LogP contribution >= 0.6 is 0 Å². The molecule has 0 fully saturated rings. The normalized spacial score (nSPS) is 14.1. The van der Waals surface area contributed by atoms with Gasteiger partial charge in [-0.25, -0.2) is 0 Å². The molecule has 1 aliphatic heterocycles. The van der Waals surface area contributed by atoms with Gasteiger partial charge in [0.25, 0.3) is 0 Å². The van der Waals surface area contributed by atoms with Crippen LogP contribution in [0, 0.1) is 18.0 Å². The zero-order valence-electron chi connectivity index (χ0n) is 29.6.